The van der Waals surface area contributed by atoms with Gasteiger partial charge in [0.15, 0.2) is 0 Å². The fourth-order valence-corrected chi connectivity index (χ4v) is 5.77. The van der Waals surface area contributed by atoms with Gasteiger partial charge in [-0.05, 0) is 43.7 Å². The Morgan fingerprint density at radius 3 is 1.77 bits per heavy atom. The Bertz CT molecular complexity index is 869. The van der Waals surface area contributed by atoms with Crippen LogP contribution in [0.15, 0.2) is 30.3 Å². The molecule has 0 aromatic heterocycles. The predicted molar refractivity (Wildman–Crippen MR) is 151 cm³/mol. The highest BCUT2D eigenvalue weighted by atomic mass is 16.5. The summed E-state index contributed by atoms with van der Waals surface area (Å²) >= 11 is 0. The fraction of sp³-hybridized carbons (Fsp3) is 0.697. The molecule has 1 heterocycles. The van der Waals surface area contributed by atoms with Gasteiger partial charge in [0.1, 0.15) is 11.4 Å². The second-order valence-corrected chi connectivity index (χ2v) is 11.6. The van der Waals surface area contributed by atoms with E-state index in [1.807, 2.05) is 0 Å². The summed E-state index contributed by atoms with van der Waals surface area (Å²) in [7, 11) is 0. The van der Waals surface area contributed by atoms with E-state index in [0.717, 1.165) is 23.1 Å². The van der Waals surface area contributed by atoms with Gasteiger partial charge in [0, 0.05) is 17.4 Å². The van der Waals surface area contributed by atoms with E-state index >= 15 is 0 Å². The molecule has 0 aliphatic carbocycles. The molecule has 35 heavy (non-hydrogen) atoms. The van der Waals surface area contributed by atoms with Crippen LogP contribution in [0.4, 0.5) is 0 Å². The number of ether oxygens (including phenoxy) is 1. The topological polar surface area (TPSA) is 29.5 Å². The largest absolute Gasteiger partial charge is 0.487 e. The molecule has 1 aliphatic heterocycles. The van der Waals surface area contributed by atoms with Crippen molar-refractivity contribution in [1.82, 2.24) is 0 Å². The summed E-state index contributed by atoms with van der Waals surface area (Å²) in [6, 6.07) is 10.8. The Hall–Kier alpha value is -1.54. The average molecular weight is 481 g/mol. The number of benzene rings is 2. The molecule has 0 fully saturated rings. The van der Waals surface area contributed by atoms with Crippen molar-refractivity contribution >= 4 is 10.8 Å². The number of unbranched alkanes of at least 4 members (excludes halogenated alkanes) is 15. The van der Waals surface area contributed by atoms with Crippen LogP contribution in [0.2, 0.25) is 0 Å². The van der Waals surface area contributed by atoms with Crippen molar-refractivity contribution in [3.63, 3.8) is 0 Å². The van der Waals surface area contributed by atoms with E-state index in [1.54, 1.807) is 0 Å². The van der Waals surface area contributed by atoms with Gasteiger partial charge in [-0.3, -0.25) is 0 Å². The smallest absolute Gasteiger partial charge is 0.133 e. The fourth-order valence-electron chi connectivity index (χ4n) is 5.77. The van der Waals surface area contributed by atoms with Crippen LogP contribution < -0.4 is 4.74 Å². The zero-order valence-electron chi connectivity index (χ0n) is 23.0. The second kappa shape index (κ2) is 14.9. The molecule has 3 rings (SSSR count). The summed E-state index contributed by atoms with van der Waals surface area (Å²) < 4.78 is 6.33. The molecule has 0 bridgehead atoms. The first kappa shape index (κ1) is 28.0. The van der Waals surface area contributed by atoms with Crippen LogP contribution in [0, 0.1) is 0 Å². The standard InChI is InChI=1S/C33H52O2/c1-4-5-6-7-8-9-10-11-12-13-14-15-16-17-18-19-22-27-25-30-31(34)26-33(2,3)35-32(30)29-24-21-20-23-28(27)29/h20-21,23-25,31,34H,4-19,22,26H2,1-3H3. The van der Waals surface area contributed by atoms with Crippen molar-refractivity contribution in [2.75, 3.05) is 0 Å². The van der Waals surface area contributed by atoms with Crippen LogP contribution in [0.1, 0.15) is 147 Å². The van der Waals surface area contributed by atoms with E-state index in [4.69, 9.17) is 4.74 Å². The first-order valence-electron chi connectivity index (χ1n) is 14.9. The normalized spacial score (nSPS) is 16.9. The zero-order chi connectivity index (χ0) is 24.9. The maximum Gasteiger partial charge on any atom is 0.133 e. The first-order valence-corrected chi connectivity index (χ1v) is 14.9. The van der Waals surface area contributed by atoms with E-state index < -0.39 is 6.10 Å². The van der Waals surface area contributed by atoms with Gasteiger partial charge in [-0.1, -0.05) is 128 Å². The Balaban J connectivity index is 1.30. The molecular weight excluding hydrogens is 428 g/mol. The van der Waals surface area contributed by atoms with Crippen LogP contribution in [-0.4, -0.2) is 10.7 Å². The molecule has 0 saturated heterocycles. The van der Waals surface area contributed by atoms with Gasteiger partial charge >= 0.3 is 0 Å². The number of aliphatic hydroxyl groups excluding tert-OH is 1. The molecule has 0 saturated carbocycles. The monoisotopic (exact) mass is 480 g/mol. The van der Waals surface area contributed by atoms with Crippen molar-refractivity contribution in [3.05, 3.63) is 41.5 Å². The minimum atomic E-state index is -0.442. The lowest BCUT2D eigenvalue weighted by Crippen LogP contribution is -2.35. The molecule has 2 aromatic carbocycles. The van der Waals surface area contributed by atoms with Gasteiger partial charge in [0.2, 0.25) is 0 Å². The van der Waals surface area contributed by atoms with Crippen molar-refractivity contribution in [2.24, 2.45) is 0 Å². The minimum absolute atomic E-state index is 0.329. The Morgan fingerprint density at radius 2 is 1.23 bits per heavy atom. The lowest BCUT2D eigenvalue weighted by Gasteiger charge is -2.36. The zero-order valence-corrected chi connectivity index (χ0v) is 23.0. The second-order valence-electron chi connectivity index (χ2n) is 11.6. The molecule has 0 spiro atoms. The summed E-state index contributed by atoms with van der Waals surface area (Å²) in [6.07, 6.45) is 23.7. The van der Waals surface area contributed by atoms with Crippen molar-refractivity contribution in [2.45, 2.75) is 148 Å². The average Bonchev–Trinajstić information content (AvgIpc) is 2.83. The van der Waals surface area contributed by atoms with Crippen LogP contribution in [0.5, 0.6) is 5.75 Å². The molecule has 2 heteroatoms. The maximum absolute atomic E-state index is 10.8. The minimum Gasteiger partial charge on any atom is -0.487 e. The SMILES string of the molecule is CCCCCCCCCCCCCCCCCCc1cc2c(c3ccccc13)OC(C)(C)CC2O. The van der Waals surface area contributed by atoms with Gasteiger partial charge < -0.3 is 9.84 Å². The third-order valence-corrected chi connectivity index (χ3v) is 7.83. The number of rotatable bonds is 17. The molecule has 0 radical (unpaired) electrons. The Kier molecular flexibility index (Phi) is 11.9. The summed E-state index contributed by atoms with van der Waals surface area (Å²) in [6.45, 7) is 6.43. The van der Waals surface area contributed by atoms with Crippen LogP contribution >= 0.6 is 0 Å². The quantitative estimate of drug-likeness (QED) is 0.228. The van der Waals surface area contributed by atoms with E-state index in [2.05, 4.69) is 51.1 Å². The van der Waals surface area contributed by atoms with E-state index in [-0.39, 0.29) is 5.60 Å². The Morgan fingerprint density at radius 1 is 0.743 bits per heavy atom. The van der Waals surface area contributed by atoms with Crippen LogP contribution in [-0.2, 0) is 6.42 Å². The number of hydrogen-bond donors (Lipinski definition) is 1. The number of aliphatic hydroxyl groups is 1. The highest BCUT2D eigenvalue weighted by molar-refractivity contribution is 5.92. The van der Waals surface area contributed by atoms with Gasteiger partial charge in [0.05, 0.1) is 6.10 Å². The van der Waals surface area contributed by atoms with Crippen molar-refractivity contribution in [1.29, 1.82) is 0 Å². The molecule has 1 unspecified atom stereocenters. The third-order valence-electron chi connectivity index (χ3n) is 7.83. The Labute approximate surface area is 215 Å². The predicted octanol–water partition coefficient (Wildman–Crippen LogP) is 10.2. The summed E-state index contributed by atoms with van der Waals surface area (Å²) in [5.74, 6) is 0.889. The molecule has 2 nitrogen and oxygen atoms in total. The van der Waals surface area contributed by atoms with Gasteiger partial charge in [-0.25, -0.2) is 0 Å². The number of hydrogen-bond acceptors (Lipinski definition) is 2. The summed E-state index contributed by atoms with van der Waals surface area (Å²) in [5.41, 5.74) is 2.02. The van der Waals surface area contributed by atoms with Crippen molar-refractivity contribution in [3.8, 4) is 5.75 Å². The number of aryl methyl sites for hydroxylation is 1. The van der Waals surface area contributed by atoms with Gasteiger partial charge in [0.25, 0.3) is 0 Å². The molecule has 2 aromatic rings. The van der Waals surface area contributed by atoms with Gasteiger partial charge in [-0.15, -0.1) is 0 Å². The highest BCUT2D eigenvalue weighted by Crippen LogP contribution is 2.45. The van der Waals surface area contributed by atoms with Crippen LogP contribution in [0.25, 0.3) is 10.8 Å². The summed E-state index contributed by atoms with van der Waals surface area (Å²) in [4.78, 5) is 0. The lowest BCUT2D eigenvalue weighted by atomic mass is 9.87. The maximum atomic E-state index is 10.8. The van der Waals surface area contributed by atoms with Gasteiger partial charge in [-0.2, -0.15) is 0 Å². The van der Waals surface area contributed by atoms with E-state index in [0.29, 0.717) is 6.42 Å². The molecule has 0 amide bonds. The van der Waals surface area contributed by atoms with E-state index in [9.17, 15) is 5.11 Å². The lowest BCUT2D eigenvalue weighted by molar-refractivity contribution is 0.0130. The van der Waals surface area contributed by atoms with E-state index in [1.165, 1.54) is 114 Å². The van der Waals surface area contributed by atoms with Crippen LogP contribution in [0.3, 0.4) is 0 Å². The molecular formula is C33H52O2. The molecule has 1 atom stereocenters. The molecule has 1 aliphatic rings. The van der Waals surface area contributed by atoms with Crippen molar-refractivity contribution < 1.29 is 9.84 Å². The number of fused-ring (bicyclic) bond motifs is 3. The highest BCUT2D eigenvalue weighted by Gasteiger charge is 2.34. The third kappa shape index (κ3) is 9.12. The molecule has 196 valence electrons. The summed E-state index contributed by atoms with van der Waals surface area (Å²) in [5, 5.41) is 13.3. The molecule has 1 N–H and O–H groups in total. The first-order chi connectivity index (χ1) is 17.0.